The predicted octanol–water partition coefficient (Wildman–Crippen LogP) is 1.28. The Labute approximate surface area is 64.7 Å². The van der Waals surface area contributed by atoms with Crippen LogP contribution in [0, 0.1) is 13.8 Å². The highest BCUT2D eigenvalue weighted by atomic mass is 32.1. The zero-order chi connectivity index (χ0) is 7.72. The van der Waals surface area contributed by atoms with E-state index in [0.29, 0.717) is 5.56 Å². The van der Waals surface area contributed by atoms with E-state index < -0.39 is 0 Å². The second kappa shape index (κ2) is 2.50. The first-order chi connectivity index (χ1) is 4.63. The molecule has 0 amide bonds. The average molecular weight is 155 g/mol. The highest BCUT2D eigenvalue weighted by Crippen LogP contribution is 2.11. The smallest absolute Gasteiger partial charge is 0.251 e. The molecule has 0 aromatic carbocycles. The Bertz CT molecular complexity index is 303. The summed E-state index contributed by atoms with van der Waals surface area (Å²) in [5, 5.41) is 0. The molecule has 2 nitrogen and oxygen atoms in total. The molecule has 10 heavy (non-hydrogen) atoms. The van der Waals surface area contributed by atoms with Crippen molar-refractivity contribution in [2.75, 3.05) is 0 Å². The van der Waals surface area contributed by atoms with Crippen LogP contribution < -0.4 is 5.56 Å². The van der Waals surface area contributed by atoms with Crippen LogP contribution in [0.3, 0.4) is 0 Å². The van der Waals surface area contributed by atoms with Gasteiger partial charge in [0, 0.05) is 16.7 Å². The lowest BCUT2D eigenvalue weighted by atomic mass is 10.2. The highest BCUT2D eigenvalue weighted by Gasteiger charge is 1.99. The fourth-order valence-corrected chi connectivity index (χ4v) is 0.920. The van der Waals surface area contributed by atoms with Gasteiger partial charge in [-0.15, -0.1) is 12.6 Å². The summed E-state index contributed by atoms with van der Waals surface area (Å²) in [5.41, 5.74) is 1.62. The summed E-state index contributed by atoms with van der Waals surface area (Å²) in [6.07, 6.45) is 1.66. The lowest BCUT2D eigenvalue weighted by Crippen LogP contribution is -2.09. The molecule has 0 spiro atoms. The summed E-state index contributed by atoms with van der Waals surface area (Å²) in [6.45, 7) is 3.67. The molecule has 1 heterocycles. The first kappa shape index (κ1) is 7.41. The van der Waals surface area contributed by atoms with Gasteiger partial charge in [-0.1, -0.05) is 0 Å². The number of aromatic nitrogens is 1. The Kier molecular flexibility index (Phi) is 1.85. The van der Waals surface area contributed by atoms with Gasteiger partial charge in [-0.25, -0.2) is 0 Å². The van der Waals surface area contributed by atoms with E-state index in [-0.39, 0.29) is 5.56 Å². The van der Waals surface area contributed by atoms with E-state index >= 15 is 0 Å². The zero-order valence-corrected chi connectivity index (χ0v) is 6.83. The van der Waals surface area contributed by atoms with Crippen LogP contribution in [0.5, 0.6) is 0 Å². The van der Waals surface area contributed by atoms with Crippen LogP contribution in [-0.4, -0.2) is 4.98 Å². The number of rotatable bonds is 0. The van der Waals surface area contributed by atoms with Crippen LogP contribution in [-0.2, 0) is 0 Å². The molecule has 0 fully saturated rings. The molecule has 0 saturated carbocycles. The SMILES string of the molecule is Cc1c[nH]c(=O)c(C)c1S. The van der Waals surface area contributed by atoms with Crippen molar-refractivity contribution in [1.29, 1.82) is 0 Å². The van der Waals surface area contributed by atoms with Crippen LogP contribution >= 0.6 is 12.6 Å². The van der Waals surface area contributed by atoms with E-state index in [4.69, 9.17) is 0 Å². The number of nitrogens with one attached hydrogen (secondary N) is 1. The van der Waals surface area contributed by atoms with Gasteiger partial charge < -0.3 is 4.98 Å². The van der Waals surface area contributed by atoms with E-state index in [1.165, 1.54) is 0 Å². The molecule has 1 aromatic rings. The summed E-state index contributed by atoms with van der Waals surface area (Å²) in [4.78, 5) is 14.3. The molecular formula is C7H9NOS. The van der Waals surface area contributed by atoms with Gasteiger partial charge in [0.25, 0.3) is 5.56 Å². The minimum atomic E-state index is -0.0596. The number of thiol groups is 1. The first-order valence-electron chi connectivity index (χ1n) is 3.01. The maximum atomic E-state index is 10.9. The van der Waals surface area contributed by atoms with Crippen molar-refractivity contribution in [3.05, 3.63) is 27.7 Å². The van der Waals surface area contributed by atoms with Crippen LogP contribution in [0.1, 0.15) is 11.1 Å². The lowest BCUT2D eigenvalue weighted by molar-refractivity contribution is 1.07. The predicted molar refractivity (Wildman–Crippen MR) is 43.8 cm³/mol. The van der Waals surface area contributed by atoms with Crippen LogP contribution in [0.4, 0.5) is 0 Å². The quantitative estimate of drug-likeness (QED) is 0.543. The molecule has 0 aliphatic carbocycles. The Morgan fingerprint density at radius 2 is 2.10 bits per heavy atom. The summed E-state index contributed by atoms with van der Waals surface area (Å²) >= 11 is 4.16. The van der Waals surface area contributed by atoms with Gasteiger partial charge >= 0.3 is 0 Å². The van der Waals surface area contributed by atoms with E-state index in [1.807, 2.05) is 6.92 Å². The molecule has 0 aliphatic heterocycles. The molecule has 0 saturated heterocycles. The van der Waals surface area contributed by atoms with E-state index in [9.17, 15) is 4.79 Å². The first-order valence-corrected chi connectivity index (χ1v) is 3.45. The van der Waals surface area contributed by atoms with E-state index in [0.717, 1.165) is 10.5 Å². The van der Waals surface area contributed by atoms with Crippen molar-refractivity contribution in [3.63, 3.8) is 0 Å². The van der Waals surface area contributed by atoms with Crippen molar-refractivity contribution in [1.82, 2.24) is 4.98 Å². The molecule has 1 rings (SSSR count). The Morgan fingerprint density at radius 3 is 2.60 bits per heavy atom. The van der Waals surface area contributed by atoms with Crippen molar-refractivity contribution in [3.8, 4) is 0 Å². The minimum Gasteiger partial charge on any atom is -0.329 e. The van der Waals surface area contributed by atoms with Crippen molar-refractivity contribution >= 4 is 12.6 Å². The van der Waals surface area contributed by atoms with E-state index in [1.54, 1.807) is 13.1 Å². The van der Waals surface area contributed by atoms with Gasteiger partial charge in [0.2, 0.25) is 0 Å². The standard InChI is InChI=1S/C7H9NOS/c1-4-3-8-7(9)5(2)6(4)10/h3H,1-2H3,(H2,8,9,10). The number of hydrogen-bond donors (Lipinski definition) is 2. The molecule has 1 N–H and O–H groups in total. The summed E-state index contributed by atoms with van der Waals surface area (Å²) in [7, 11) is 0. The molecule has 0 aliphatic rings. The largest absolute Gasteiger partial charge is 0.329 e. The van der Waals surface area contributed by atoms with E-state index in [2.05, 4.69) is 17.6 Å². The van der Waals surface area contributed by atoms with Crippen molar-refractivity contribution in [2.45, 2.75) is 18.7 Å². The van der Waals surface area contributed by atoms with Crippen molar-refractivity contribution < 1.29 is 0 Å². The normalized spacial score (nSPS) is 9.90. The fraction of sp³-hybridized carbons (Fsp3) is 0.286. The van der Waals surface area contributed by atoms with Crippen LogP contribution in [0.25, 0.3) is 0 Å². The topological polar surface area (TPSA) is 32.9 Å². The summed E-state index contributed by atoms with van der Waals surface area (Å²) in [5.74, 6) is 0. The van der Waals surface area contributed by atoms with Gasteiger partial charge in [-0.3, -0.25) is 4.79 Å². The third-order valence-corrected chi connectivity index (χ3v) is 2.18. The van der Waals surface area contributed by atoms with Gasteiger partial charge in [0.1, 0.15) is 0 Å². The van der Waals surface area contributed by atoms with Gasteiger partial charge in [0.05, 0.1) is 0 Å². The highest BCUT2D eigenvalue weighted by molar-refractivity contribution is 7.80. The zero-order valence-electron chi connectivity index (χ0n) is 5.93. The summed E-state index contributed by atoms with van der Waals surface area (Å²) < 4.78 is 0. The third kappa shape index (κ3) is 1.09. The molecule has 54 valence electrons. The van der Waals surface area contributed by atoms with Crippen molar-refractivity contribution in [2.24, 2.45) is 0 Å². The number of H-pyrrole nitrogens is 1. The fourth-order valence-electron chi connectivity index (χ4n) is 0.754. The molecule has 0 bridgehead atoms. The monoisotopic (exact) mass is 155 g/mol. The molecule has 1 aromatic heterocycles. The average Bonchev–Trinajstić information content (AvgIpc) is 1.93. The Morgan fingerprint density at radius 1 is 1.50 bits per heavy atom. The van der Waals surface area contributed by atoms with Gasteiger partial charge in [-0.05, 0) is 19.4 Å². The number of aromatic amines is 1. The Hall–Kier alpha value is -0.700. The Balaban J connectivity index is 3.49. The molecule has 0 unspecified atom stereocenters. The van der Waals surface area contributed by atoms with Gasteiger partial charge in [-0.2, -0.15) is 0 Å². The van der Waals surface area contributed by atoms with Crippen LogP contribution in [0.2, 0.25) is 0 Å². The molecule has 0 radical (unpaired) electrons. The lowest BCUT2D eigenvalue weighted by Gasteiger charge is -1.99. The van der Waals surface area contributed by atoms with Gasteiger partial charge in [0.15, 0.2) is 0 Å². The maximum Gasteiger partial charge on any atom is 0.251 e. The number of pyridine rings is 1. The molecule has 0 atom stereocenters. The third-order valence-electron chi connectivity index (χ3n) is 1.49. The maximum absolute atomic E-state index is 10.9. The number of aryl methyl sites for hydroxylation is 1. The molecular weight excluding hydrogens is 146 g/mol. The summed E-state index contributed by atoms with van der Waals surface area (Å²) in [6, 6.07) is 0. The second-order valence-corrected chi connectivity index (χ2v) is 2.72. The second-order valence-electron chi connectivity index (χ2n) is 2.27. The molecule has 3 heteroatoms. The minimum absolute atomic E-state index is 0.0596. The number of hydrogen-bond acceptors (Lipinski definition) is 2. The van der Waals surface area contributed by atoms with Crippen LogP contribution in [0.15, 0.2) is 15.9 Å².